The van der Waals surface area contributed by atoms with Gasteiger partial charge in [0.25, 0.3) is 12.0 Å². The van der Waals surface area contributed by atoms with Crippen LogP contribution in [0.25, 0.3) is 10.9 Å². The van der Waals surface area contributed by atoms with E-state index >= 15 is 0 Å². The van der Waals surface area contributed by atoms with Crippen LogP contribution < -0.4 is 10.9 Å². The van der Waals surface area contributed by atoms with Crippen molar-refractivity contribution in [1.82, 2.24) is 19.4 Å². The molecule has 36 heavy (non-hydrogen) atoms. The highest BCUT2D eigenvalue weighted by Gasteiger charge is 2.43. The van der Waals surface area contributed by atoms with E-state index < -0.39 is 29.4 Å². The minimum Gasteiger partial charge on any atom is -0.370 e. The van der Waals surface area contributed by atoms with Crippen LogP contribution in [0, 0.1) is 12.7 Å². The second-order valence-corrected chi connectivity index (χ2v) is 9.08. The maximum absolute atomic E-state index is 14.8. The largest absolute Gasteiger partial charge is 0.370 e. The number of pyridine rings is 1. The number of halogens is 3. The Kier molecular flexibility index (Phi) is 6.78. The van der Waals surface area contributed by atoms with E-state index in [1.807, 2.05) is 0 Å². The third kappa shape index (κ3) is 4.32. The molecule has 4 rings (SSSR count). The summed E-state index contributed by atoms with van der Waals surface area (Å²) in [6, 6.07) is 4.84. The number of fused-ring (bicyclic) bond motifs is 1. The minimum absolute atomic E-state index is 0.0440. The second kappa shape index (κ2) is 9.53. The number of ether oxygens (including phenoxy) is 1. The summed E-state index contributed by atoms with van der Waals surface area (Å²) < 4.78 is 48.6. The molecule has 0 bridgehead atoms. The van der Waals surface area contributed by atoms with Gasteiger partial charge in [0, 0.05) is 39.6 Å². The van der Waals surface area contributed by atoms with E-state index in [4.69, 9.17) is 4.74 Å². The highest BCUT2D eigenvalue weighted by molar-refractivity contribution is 5.89. The number of alkyl halides is 2. The summed E-state index contributed by atoms with van der Waals surface area (Å²) in [6.45, 7) is 5.47. The first kappa shape index (κ1) is 25.6. The van der Waals surface area contributed by atoms with Gasteiger partial charge in [0.1, 0.15) is 28.6 Å². The number of likely N-dealkylation sites (tertiary alicyclic amines) is 1. The van der Waals surface area contributed by atoms with Gasteiger partial charge in [-0.05, 0) is 19.9 Å². The number of nitrogens with zero attached hydrogens (tertiary/aromatic N) is 4. The maximum atomic E-state index is 14.8. The molecule has 192 valence electrons. The van der Waals surface area contributed by atoms with Crippen LogP contribution in [-0.2, 0) is 22.2 Å². The van der Waals surface area contributed by atoms with Gasteiger partial charge in [0.15, 0.2) is 0 Å². The van der Waals surface area contributed by atoms with Crippen LogP contribution in [0.2, 0.25) is 0 Å². The summed E-state index contributed by atoms with van der Waals surface area (Å²) in [5, 5.41) is 3.46. The third-order valence-electron chi connectivity index (χ3n) is 6.86. The minimum atomic E-state index is -2.95. The van der Waals surface area contributed by atoms with Gasteiger partial charge in [0.05, 0.1) is 29.2 Å². The van der Waals surface area contributed by atoms with Crippen LogP contribution >= 0.6 is 0 Å². The topological polar surface area (TPSA) is 89.3 Å². The van der Waals surface area contributed by atoms with Crippen molar-refractivity contribution < 1.29 is 22.7 Å². The van der Waals surface area contributed by atoms with Gasteiger partial charge in [-0.1, -0.05) is 18.2 Å². The van der Waals surface area contributed by atoms with E-state index in [9.17, 15) is 22.8 Å². The van der Waals surface area contributed by atoms with Crippen molar-refractivity contribution in [3.63, 3.8) is 0 Å². The number of anilines is 1. The summed E-state index contributed by atoms with van der Waals surface area (Å²) >= 11 is 0. The van der Waals surface area contributed by atoms with Crippen LogP contribution in [0.4, 0.5) is 19.0 Å². The molecule has 1 amide bonds. The zero-order valence-electron chi connectivity index (χ0n) is 20.7. The number of nitrogens with one attached hydrogen (secondary N) is 1. The lowest BCUT2D eigenvalue weighted by molar-refractivity contribution is -0.129. The Balaban J connectivity index is 1.84. The van der Waals surface area contributed by atoms with E-state index in [0.29, 0.717) is 29.9 Å². The second-order valence-electron chi connectivity index (χ2n) is 9.08. The zero-order valence-corrected chi connectivity index (χ0v) is 20.7. The van der Waals surface area contributed by atoms with Crippen molar-refractivity contribution in [3.8, 4) is 0 Å². The molecule has 1 unspecified atom stereocenters. The number of aromatic nitrogens is 3. The Bertz CT molecular complexity index is 1390. The molecular weight excluding hydrogens is 475 g/mol. The zero-order chi connectivity index (χ0) is 26.4. The molecular formula is C25H28F3N5O3. The molecule has 1 N–H and O–H groups in total. The summed E-state index contributed by atoms with van der Waals surface area (Å²) in [5.41, 5.74) is -1.24. The monoisotopic (exact) mass is 503 g/mol. The first-order valence-corrected chi connectivity index (χ1v) is 11.5. The Morgan fingerprint density at radius 2 is 1.94 bits per heavy atom. The molecule has 0 spiro atoms. The van der Waals surface area contributed by atoms with Crippen LogP contribution in [0.15, 0.2) is 29.1 Å². The molecule has 0 aliphatic carbocycles. The van der Waals surface area contributed by atoms with E-state index in [1.54, 1.807) is 31.9 Å². The van der Waals surface area contributed by atoms with Crippen molar-refractivity contribution in [1.29, 1.82) is 0 Å². The molecule has 0 radical (unpaired) electrons. The summed E-state index contributed by atoms with van der Waals surface area (Å²) in [6.07, 6.45) is -2.46. The predicted octanol–water partition coefficient (Wildman–Crippen LogP) is 3.98. The van der Waals surface area contributed by atoms with Gasteiger partial charge in [-0.2, -0.15) is 0 Å². The highest BCUT2D eigenvalue weighted by Crippen LogP contribution is 2.37. The molecule has 3 aromatic rings. The summed E-state index contributed by atoms with van der Waals surface area (Å²) in [5.74, 6) is -0.511. The first-order chi connectivity index (χ1) is 17.0. The third-order valence-corrected chi connectivity index (χ3v) is 6.86. The molecule has 1 fully saturated rings. The van der Waals surface area contributed by atoms with Crippen molar-refractivity contribution in [2.45, 2.75) is 45.3 Å². The highest BCUT2D eigenvalue weighted by atomic mass is 19.3. The molecule has 11 heteroatoms. The fourth-order valence-corrected chi connectivity index (χ4v) is 4.82. The van der Waals surface area contributed by atoms with Gasteiger partial charge in [-0.25, -0.2) is 23.1 Å². The predicted molar refractivity (Wildman–Crippen MR) is 128 cm³/mol. The normalized spacial score (nSPS) is 18.8. The molecule has 1 aromatic carbocycles. The van der Waals surface area contributed by atoms with Crippen LogP contribution in [0.1, 0.15) is 55.4 Å². The lowest BCUT2D eigenvalue weighted by Gasteiger charge is -2.30. The van der Waals surface area contributed by atoms with Crippen LogP contribution in [-0.4, -0.2) is 45.5 Å². The van der Waals surface area contributed by atoms with Gasteiger partial charge in [0.2, 0.25) is 5.91 Å². The van der Waals surface area contributed by atoms with Crippen molar-refractivity contribution in [3.05, 3.63) is 63.1 Å². The lowest BCUT2D eigenvalue weighted by Crippen LogP contribution is -2.39. The fraction of sp³-hybridized carbons (Fsp3) is 0.440. The molecule has 3 heterocycles. The number of aryl methyl sites for hydroxylation is 1. The standard InChI is InChI=1S/C25H28F3N5O3/c1-13(16-7-6-8-17(20(16)26)22(27)28)29-23-18-11-19(25(36-5)9-10-33(12-25)15(3)34)32(4)24(35)21(18)30-14(2)31-23/h6-8,11,13,22H,9-10,12H2,1-5H3,(H,29,30,31)/t13-,25?/m1/s1. The molecule has 2 aromatic heterocycles. The van der Waals surface area contributed by atoms with Crippen LogP contribution in [0.5, 0.6) is 0 Å². The number of benzene rings is 1. The van der Waals surface area contributed by atoms with Gasteiger partial charge >= 0.3 is 0 Å². The maximum Gasteiger partial charge on any atom is 0.277 e. The van der Waals surface area contributed by atoms with Gasteiger partial charge in [-0.15, -0.1) is 0 Å². The summed E-state index contributed by atoms with van der Waals surface area (Å²) in [4.78, 5) is 35.8. The number of hydrogen-bond acceptors (Lipinski definition) is 6. The van der Waals surface area contributed by atoms with E-state index in [2.05, 4.69) is 15.3 Å². The fourth-order valence-electron chi connectivity index (χ4n) is 4.82. The van der Waals surface area contributed by atoms with Gasteiger partial charge < -0.3 is 19.5 Å². The average Bonchev–Trinajstić information content (AvgIpc) is 3.27. The number of hydrogen-bond donors (Lipinski definition) is 1. The SMILES string of the molecule is COC1(c2cc3c(N[C@H](C)c4cccc(C(F)F)c4F)nc(C)nc3c(=O)n2C)CCN(C(C)=O)C1. The Hall–Kier alpha value is -3.47. The number of rotatable bonds is 6. The number of carbonyl (C=O) groups excluding carboxylic acids is 1. The molecule has 1 saturated heterocycles. The Morgan fingerprint density at radius 3 is 2.56 bits per heavy atom. The molecule has 1 aliphatic rings. The Labute approximate surface area is 206 Å². The van der Waals surface area contributed by atoms with E-state index in [1.165, 1.54) is 30.7 Å². The number of carbonyl (C=O) groups is 1. The molecule has 1 aliphatic heterocycles. The summed E-state index contributed by atoms with van der Waals surface area (Å²) in [7, 11) is 3.15. The van der Waals surface area contributed by atoms with Crippen molar-refractivity contribution in [2.24, 2.45) is 7.05 Å². The van der Waals surface area contributed by atoms with Crippen LogP contribution in [0.3, 0.4) is 0 Å². The molecule has 2 atom stereocenters. The first-order valence-electron chi connectivity index (χ1n) is 11.5. The molecule has 0 saturated carbocycles. The lowest BCUT2D eigenvalue weighted by atomic mass is 9.96. The van der Waals surface area contributed by atoms with E-state index in [0.717, 1.165) is 6.07 Å². The smallest absolute Gasteiger partial charge is 0.277 e. The number of methoxy groups -OCH3 is 1. The number of amides is 1. The molecule has 8 nitrogen and oxygen atoms in total. The van der Waals surface area contributed by atoms with Gasteiger partial charge in [-0.3, -0.25) is 9.59 Å². The Morgan fingerprint density at radius 1 is 1.25 bits per heavy atom. The average molecular weight is 504 g/mol. The van der Waals surface area contributed by atoms with E-state index in [-0.39, 0.29) is 34.9 Å². The van der Waals surface area contributed by atoms with Crippen molar-refractivity contribution in [2.75, 3.05) is 25.5 Å². The quantitative estimate of drug-likeness (QED) is 0.548. The van der Waals surface area contributed by atoms with Crippen molar-refractivity contribution >= 4 is 22.6 Å².